The maximum atomic E-state index is 13.0. The van der Waals surface area contributed by atoms with Crippen molar-refractivity contribution in [3.05, 3.63) is 72.6 Å². The molecule has 1 aromatic heterocycles. The molecule has 4 aliphatic rings. The molecule has 8 nitrogen and oxygen atoms in total. The van der Waals surface area contributed by atoms with Crippen LogP contribution in [0.3, 0.4) is 0 Å². The summed E-state index contributed by atoms with van der Waals surface area (Å²) in [6.45, 7) is 0. The second-order valence-corrected chi connectivity index (χ2v) is 13.9. The zero-order valence-corrected chi connectivity index (χ0v) is 21.3. The first kappa shape index (κ1) is 23.4. The second-order valence-electron chi connectivity index (χ2n) is 10.5. The quantitative estimate of drug-likeness (QED) is 0.468. The summed E-state index contributed by atoms with van der Waals surface area (Å²) in [6.07, 6.45) is 10.6. The molecule has 2 aromatic carbocycles. The van der Waals surface area contributed by atoms with E-state index in [0.29, 0.717) is 0 Å². The Labute approximate surface area is 211 Å². The van der Waals surface area contributed by atoms with E-state index in [1.807, 2.05) is 12.1 Å². The van der Waals surface area contributed by atoms with Crippen molar-refractivity contribution in [1.82, 2.24) is 9.97 Å². The van der Waals surface area contributed by atoms with Crippen LogP contribution < -0.4 is 9.44 Å². The van der Waals surface area contributed by atoms with Crippen LogP contribution in [0.15, 0.2) is 76.8 Å². The van der Waals surface area contributed by atoms with Crippen LogP contribution in [0, 0.1) is 17.8 Å². The predicted molar refractivity (Wildman–Crippen MR) is 136 cm³/mol. The molecule has 4 saturated carbocycles. The van der Waals surface area contributed by atoms with Crippen molar-refractivity contribution in [1.29, 1.82) is 0 Å². The van der Waals surface area contributed by atoms with E-state index in [2.05, 4.69) is 19.4 Å². The number of nitrogens with one attached hydrogen (secondary N) is 2. The molecule has 1 heterocycles. The third-order valence-corrected chi connectivity index (χ3v) is 10.8. The first-order chi connectivity index (χ1) is 17.2. The van der Waals surface area contributed by atoms with Crippen molar-refractivity contribution in [2.45, 2.75) is 53.7 Å². The van der Waals surface area contributed by atoms with Crippen LogP contribution >= 0.6 is 0 Å². The Morgan fingerprint density at radius 1 is 0.667 bits per heavy atom. The molecule has 7 rings (SSSR count). The normalized spacial score (nSPS) is 27.1. The molecular weight excluding hydrogens is 496 g/mol. The number of hydrogen-bond acceptors (Lipinski definition) is 6. The lowest BCUT2D eigenvalue weighted by Crippen LogP contribution is -2.48. The van der Waals surface area contributed by atoms with Gasteiger partial charge in [0.05, 0.1) is 9.79 Å². The number of benzene rings is 2. The van der Waals surface area contributed by atoms with Crippen molar-refractivity contribution in [2.24, 2.45) is 17.8 Å². The summed E-state index contributed by atoms with van der Waals surface area (Å²) in [5.74, 6) is 2.43. The van der Waals surface area contributed by atoms with Crippen LogP contribution in [0.2, 0.25) is 0 Å². The number of hydrogen-bond donors (Lipinski definition) is 2. The molecule has 10 heteroatoms. The minimum Gasteiger partial charge on any atom is -0.280 e. The molecule has 3 aromatic rings. The Balaban J connectivity index is 1.16. The highest BCUT2D eigenvalue weighted by molar-refractivity contribution is 7.93. The molecule has 0 aliphatic heterocycles. The Morgan fingerprint density at radius 2 is 1.14 bits per heavy atom. The smallest absolute Gasteiger partial charge is 0.264 e. The van der Waals surface area contributed by atoms with E-state index in [1.165, 1.54) is 80.7 Å². The molecule has 188 valence electrons. The molecular formula is C26H28N4O4S2. The van der Waals surface area contributed by atoms with Crippen LogP contribution in [0.1, 0.15) is 44.1 Å². The minimum atomic E-state index is -3.90. The first-order valence-corrected chi connectivity index (χ1v) is 15.2. The Morgan fingerprint density at radius 3 is 1.67 bits per heavy atom. The second kappa shape index (κ2) is 8.55. The van der Waals surface area contributed by atoms with Crippen LogP contribution in [-0.2, 0) is 25.5 Å². The number of rotatable bonds is 7. The number of nitrogens with zero attached hydrogens (tertiary/aromatic N) is 2. The molecule has 0 spiro atoms. The summed E-state index contributed by atoms with van der Waals surface area (Å²) in [7, 11) is -7.72. The van der Waals surface area contributed by atoms with Crippen LogP contribution in [-0.4, -0.2) is 26.8 Å². The molecule has 4 bridgehead atoms. The van der Waals surface area contributed by atoms with E-state index in [4.69, 9.17) is 0 Å². The van der Waals surface area contributed by atoms with Gasteiger partial charge in [-0.15, -0.1) is 0 Å². The first-order valence-electron chi connectivity index (χ1n) is 12.2. The summed E-state index contributed by atoms with van der Waals surface area (Å²) in [5.41, 5.74) is 1.75. The maximum Gasteiger partial charge on any atom is 0.264 e. The lowest BCUT2D eigenvalue weighted by atomic mass is 9.48. The summed E-state index contributed by atoms with van der Waals surface area (Å²) in [4.78, 5) is 7.87. The van der Waals surface area contributed by atoms with Gasteiger partial charge in [0.2, 0.25) is 5.95 Å². The van der Waals surface area contributed by atoms with Crippen molar-refractivity contribution >= 4 is 31.7 Å². The van der Waals surface area contributed by atoms with Gasteiger partial charge >= 0.3 is 0 Å². The number of aromatic nitrogens is 2. The Bertz CT molecular complexity index is 1440. The van der Waals surface area contributed by atoms with Gasteiger partial charge in [0, 0.05) is 18.1 Å². The average molecular weight is 525 g/mol. The van der Waals surface area contributed by atoms with E-state index in [-0.39, 0.29) is 26.8 Å². The fourth-order valence-corrected chi connectivity index (χ4v) is 8.92. The van der Waals surface area contributed by atoms with Gasteiger partial charge in [0.25, 0.3) is 20.0 Å². The van der Waals surface area contributed by atoms with Crippen LogP contribution in [0.4, 0.5) is 11.6 Å². The monoisotopic (exact) mass is 524 g/mol. The summed E-state index contributed by atoms with van der Waals surface area (Å²) >= 11 is 0. The molecule has 0 amide bonds. The van der Waals surface area contributed by atoms with Gasteiger partial charge in [-0.25, -0.2) is 31.5 Å². The third-order valence-electron chi connectivity index (χ3n) is 8.02. The van der Waals surface area contributed by atoms with Gasteiger partial charge in [-0.1, -0.05) is 12.1 Å². The highest BCUT2D eigenvalue weighted by atomic mass is 32.2. The Hall–Kier alpha value is -2.98. The molecule has 0 unspecified atom stereocenters. The zero-order valence-electron chi connectivity index (χ0n) is 19.7. The zero-order chi connectivity index (χ0) is 25.0. The molecule has 2 N–H and O–H groups in total. The maximum absolute atomic E-state index is 13.0. The lowest BCUT2D eigenvalue weighted by Gasteiger charge is -2.57. The highest BCUT2D eigenvalue weighted by Crippen LogP contribution is 2.60. The van der Waals surface area contributed by atoms with E-state index in [0.717, 1.165) is 17.8 Å². The molecule has 4 fully saturated rings. The summed E-state index contributed by atoms with van der Waals surface area (Å²) in [6, 6.07) is 14.5. The van der Waals surface area contributed by atoms with Crippen molar-refractivity contribution < 1.29 is 16.8 Å². The van der Waals surface area contributed by atoms with Gasteiger partial charge in [0.15, 0.2) is 0 Å². The predicted octanol–water partition coefficient (Wildman–Crippen LogP) is 4.55. The highest BCUT2D eigenvalue weighted by Gasteiger charge is 2.51. The molecule has 0 atom stereocenters. The standard InChI is InChI=1S/C26H28N4O4S2/c31-35(32,29-22-4-8-24(9-5-22)36(33,34)30-25-27-10-1-11-28-25)23-6-2-21(3-7-23)26-15-18-12-19(16-26)14-20(13-18)17-26/h1-11,18-20,29H,12-17H2,(H,27,28,30). The fraction of sp³-hybridized carbons (Fsp3) is 0.385. The van der Waals surface area contributed by atoms with Gasteiger partial charge in [0.1, 0.15) is 0 Å². The largest absolute Gasteiger partial charge is 0.280 e. The SMILES string of the molecule is O=S(=O)(Nc1ccc(S(=O)(=O)Nc2ncccn2)cc1)c1ccc(C23CC4CC(CC(C4)C2)C3)cc1. The molecule has 4 aliphatic carbocycles. The molecule has 0 saturated heterocycles. The van der Waals surface area contributed by atoms with Gasteiger partial charge in [-0.3, -0.25) is 4.72 Å². The molecule has 36 heavy (non-hydrogen) atoms. The van der Waals surface area contributed by atoms with Gasteiger partial charge in [-0.05, 0) is 110 Å². The van der Waals surface area contributed by atoms with Crippen molar-refractivity contribution in [3.63, 3.8) is 0 Å². The summed E-state index contributed by atoms with van der Waals surface area (Å²) < 4.78 is 56.0. The van der Waals surface area contributed by atoms with E-state index >= 15 is 0 Å². The van der Waals surface area contributed by atoms with Gasteiger partial charge < -0.3 is 0 Å². The van der Waals surface area contributed by atoms with Crippen LogP contribution in [0.5, 0.6) is 0 Å². The van der Waals surface area contributed by atoms with Gasteiger partial charge in [-0.2, -0.15) is 0 Å². The molecule has 0 radical (unpaired) electrons. The van der Waals surface area contributed by atoms with Crippen LogP contribution in [0.25, 0.3) is 0 Å². The van der Waals surface area contributed by atoms with E-state index < -0.39 is 20.0 Å². The Kier molecular flexibility index (Phi) is 5.56. The number of anilines is 2. The third kappa shape index (κ3) is 4.37. The average Bonchev–Trinajstić information content (AvgIpc) is 2.84. The minimum absolute atomic E-state index is 0.0298. The lowest BCUT2D eigenvalue weighted by molar-refractivity contribution is -0.00521. The number of sulfonamides is 2. The fourth-order valence-electron chi connectivity index (χ4n) is 6.90. The van der Waals surface area contributed by atoms with E-state index in [9.17, 15) is 16.8 Å². The van der Waals surface area contributed by atoms with Crippen molar-refractivity contribution in [3.8, 4) is 0 Å². The van der Waals surface area contributed by atoms with E-state index in [1.54, 1.807) is 18.2 Å². The summed E-state index contributed by atoms with van der Waals surface area (Å²) in [5, 5.41) is 0. The topological polar surface area (TPSA) is 118 Å². The van der Waals surface area contributed by atoms with Crippen molar-refractivity contribution in [2.75, 3.05) is 9.44 Å².